The minimum Gasteiger partial charge on any atom is -0.317 e. The van der Waals surface area contributed by atoms with Gasteiger partial charge in [-0.15, -0.1) is 11.3 Å². The molecular formula is C12H20BrNS. The van der Waals surface area contributed by atoms with Crippen molar-refractivity contribution >= 4 is 27.3 Å². The molecular weight excluding hydrogens is 270 g/mol. The number of halogens is 1. The minimum absolute atomic E-state index is 0.792. The molecule has 1 N–H and O–H groups in total. The third-order valence-corrected chi connectivity index (χ3v) is 4.14. The lowest BCUT2D eigenvalue weighted by Crippen LogP contribution is -2.23. The highest BCUT2D eigenvalue weighted by Gasteiger charge is 2.09. The van der Waals surface area contributed by atoms with E-state index in [0.29, 0.717) is 0 Å². The van der Waals surface area contributed by atoms with E-state index in [9.17, 15) is 0 Å². The average molecular weight is 290 g/mol. The quantitative estimate of drug-likeness (QED) is 0.798. The lowest BCUT2D eigenvalue weighted by Gasteiger charge is -2.15. The molecule has 0 saturated heterocycles. The maximum Gasteiger partial charge on any atom is 0.0701 e. The van der Waals surface area contributed by atoms with Crippen LogP contribution in [0.25, 0.3) is 0 Å². The van der Waals surface area contributed by atoms with Gasteiger partial charge in [-0.25, -0.2) is 0 Å². The molecule has 0 aliphatic rings. The molecule has 0 spiro atoms. The van der Waals surface area contributed by atoms with Gasteiger partial charge in [0.25, 0.3) is 0 Å². The summed E-state index contributed by atoms with van der Waals surface area (Å²) in [6.45, 7) is 6.67. The van der Waals surface area contributed by atoms with Gasteiger partial charge in [0, 0.05) is 4.88 Å². The predicted octanol–water partition coefficient (Wildman–Crippen LogP) is 4.08. The van der Waals surface area contributed by atoms with E-state index in [0.717, 1.165) is 19.0 Å². The summed E-state index contributed by atoms with van der Waals surface area (Å²) in [5, 5.41) is 3.45. The molecule has 1 heterocycles. The first-order valence-electron chi connectivity index (χ1n) is 5.71. The Morgan fingerprint density at radius 1 is 1.40 bits per heavy atom. The Morgan fingerprint density at radius 3 is 2.73 bits per heavy atom. The SMILES string of the molecule is CCCC(CNCC)Cc1ccc(Br)s1. The van der Waals surface area contributed by atoms with E-state index < -0.39 is 0 Å². The van der Waals surface area contributed by atoms with Gasteiger partial charge >= 0.3 is 0 Å². The van der Waals surface area contributed by atoms with E-state index in [1.807, 2.05) is 11.3 Å². The summed E-state index contributed by atoms with van der Waals surface area (Å²) in [7, 11) is 0. The Balaban J connectivity index is 2.42. The van der Waals surface area contributed by atoms with Crippen LogP contribution in [0.4, 0.5) is 0 Å². The third kappa shape index (κ3) is 5.14. The maximum absolute atomic E-state index is 3.52. The molecule has 0 saturated carbocycles. The lowest BCUT2D eigenvalue weighted by molar-refractivity contribution is 0.447. The summed E-state index contributed by atoms with van der Waals surface area (Å²) in [6.07, 6.45) is 3.82. The maximum atomic E-state index is 3.52. The zero-order chi connectivity index (χ0) is 11.1. The zero-order valence-electron chi connectivity index (χ0n) is 9.55. The number of thiophene rings is 1. The smallest absolute Gasteiger partial charge is 0.0701 e. The van der Waals surface area contributed by atoms with E-state index in [-0.39, 0.29) is 0 Å². The fourth-order valence-electron chi connectivity index (χ4n) is 1.78. The van der Waals surface area contributed by atoms with Crippen LogP contribution in [-0.4, -0.2) is 13.1 Å². The van der Waals surface area contributed by atoms with Crippen LogP contribution in [0, 0.1) is 5.92 Å². The van der Waals surface area contributed by atoms with Crippen molar-refractivity contribution in [3.63, 3.8) is 0 Å². The predicted molar refractivity (Wildman–Crippen MR) is 72.7 cm³/mol. The van der Waals surface area contributed by atoms with Crippen molar-refractivity contribution < 1.29 is 0 Å². The van der Waals surface area contributed by atoms with Crippen LogP contribution in [0.5, 0.6) is 0 Å². The normalized spacial score (nSPS) is 13.0. The molecule has 1 rings (SSSR count). The van der Waals surface area contributed by atoms with Crippen LogP contribution in [0.15, 0.2) is 15.9 Å². The molecule has 0 aromatic carbocycles. The standard InChI is InChI=1S/C12H20BrNS/c1-3-5-10(9-14-4-2)8-11-6-7-12(13)15-11/h6-7,10,14H,3-5,8-9H2,1-2H3. The first kappa shape index (κ1) is 13.2. The second-order valence-electron chi connectivity index (χ2n) is 3.87. The van der Waals surface area contributed by atoms with Crippen LogP contribution < -0.4 is 5.32 Å². The van der Waals surface area contributed by atoms with Gasteiger partial charge in [-0.1, -0.05) is 20.3 Å². The summed E-state index contributed by atoms with van der Waals surface area (Å²) in [6, 6.07) is 4.39. The van der Waals surface area contributed by atoms with Crippen LogP contribution >= 0.6 is 27.3 Å². The van der Waals surface area contributed by atoms with Gasteiger partial charge in [-0.2, -0.15) is 0 Å². The minimum atomic E-state index is 0.792. The van der Waals surface area contributed by atoms with Gasteiger partial charge in [-0.3, -0.25) is 0 Å². The molecule has 0 aliphatic carbocycles. The van der Waals surface area contributed by atoms with Crippen LogP contribution in [-0.2, 0) is 6.42 Å². The highest BCUT2D eigenvalue weighted by atomic mass is 79.9. The number of hydrogen-bond acceptors (Lipinski definition) is 2. The van der Waals surface area contributed by atoms with Crippen molar-refractivity contribution in [1.82, 2.24) is 5.32 Å². The van der Waals surface area contributed by atoms with Crippen LogP contribution in [0.1, 0.15) is 31.6 Å². The zero-order valence-corrected chi connectivity index (χ0v) is 12.0. The summed E-state index contributed by atoms with van der Waals surface area (Å²) < 4.78 is 1.25. The van der Waals surface area contributed by atoms with E-state index in [2.05, 4.69) is 47.2 Å². The first-order valence-corrected chi connectivity index (χ1v) is 7.32. The van der Waals surface area contributed by atoms with Gasteiger partial charge < -0.3 is 5.32 Å². The van der Waals surface area contributed by atoms with Crippen molar-refractivity contribution in [2.24, 2.45) is 5.92 Å². The molecule has 0 aliphatic heterocycles. The molecule has 15 heavy (non-hydrogen) atoms. The highest BCUT2D eigenvalue weighted by molar-refractivity contribution is 9.11. The Labute approximate surface area is 105 Å². The summed E-state index contributed by atoms with van der Waals surface area (Å²) in [4.78, 5) is 1.50. The molecule has 86 valence electrons. The van der Waals surface area contributed by atoms with Gasteiger partial charge in [0.15, 0.2) is 0 Å². The molecule has 1 unspecified atom stereocenters. The Bertz CT molecular complexity index is 272. The molecule has 1 atom stereocenters. The van der Waals surface area contributed by atoms with Gasteiger partial charge in [-0.05, 0) is 59.9 Å². The summed E-state index contributed by atoms with van der Waals surface area (Å²) >= 11 is 5.38. The van der Waals surface area contributed by atoms with Crippen molar-refractivity contribution in [3.05, 3.63) is 20.8 Å². The van der Waals surface area contributed by atoms with Crippen LogP contribution in [0.2, 0.25) is 0 Å². The summed E-state index contributed by atoms with van der Waals surface area (Å²) in [5.74, 6) is 0.792. The van der Waals surface area contributed by atoms with Crippen molar-refractivity contribution in [2.75, 3.05) is 13.1 Å². The topological polar surface area (TPSA) is 12.0 Å². The first-order chi connectivity index (χ1) is 7.26. The van der Waals surface area contributed by atoms with E-state index in [1.54, 1.807) is 0 Å². The van der Waals surface area contributed by atoms with E-state index in [4.69, 9.17) is 0 Å². The third-order valence-electron chi connectivity index (χ3n) is 2.50. The Morgan fingerprint density at radius 2 is 2.20 bits per heavy atom. The summed E-state index contributed by atoms with van der Waals surface area (Å²) in [5.41, 5.74) is 0. The number of hydrogen-bond donors (Lipinski definition) is 1. The largest absolute Gasteiger partial charge is 0.317 e. The number of rotatable bonds is 7. The molecule has 1 aromatic heterocycles. The van der Waals surface area contributed by atoms with Crippen molar-refractivity contribution in [1.29, 1.82) is 0 Å². The van der Waals surface area contributed by atoms with Gasteiger partial charge in [0.05, 0.1) is 3.79 Å². The fourth-order valence-corrected chi connectivity index (χ4v) is 3.38. The van der Waals surface area contributed by atoms with E-state index >= 15 is 0 Å². The molecule has 1 nitrogen and oxygen atoms in total. The Hall–Kier alpha value is 0.140. The van der Waals surface area contributed by atoms with Gasteiger partial charge in [0.1, 0.15) is 0 Å². The van der Waals surface area contributed by atoms with Crippen LogP contribution in [0.3, 0.4) is 0 Å². The Kier molecular flexibility index (Phi) is 6.53. The molecule has 1 aromatic rings. The lowest BCUT2D eigenvalue weighted by atomic mass is 9.99. The molecule has 0 radical (unpaired) electrons. The fraction of sp³-hybridized carbons (Fsp3) is 0.667. The average Bonchev–Trinajstić information content (AvgIpc) is 2.61. The van der Waals surface area contributed by atoms with Crippen molar-refractivity contribution in [2.45, 2.75) is 33.1 Å². The molecule has 0 amide bonds. The molecule has 0 bridgehead atoms. The second kappa shape index (κ2) is 7.42. The molecule has 3 heteroatoms. The monoisotopic (exact) mass is 289 g/mol. The second-order valence-corrected chi connectivity index (χ2v) is 6.42. The van der Waals surface area contributed by atoms with Gasteiger partial charge in [0.2, 0.25) is 0 Å². The molecule has 0 fully saturated rings. The number of nitrogens with one attached hydrogen (secondary N) is 1. The van der Waals surface area contributed by atoms with E-state index in [1.165, 1.54) is 27.9 Å². The highest BCUT2D eigenvalue weighted by Crippen LogP contribution is 2.25. The van der Waals surface area contributed by atoms with Crippen molar-refractivity contribution in [3.8, 4) is 0 Å².